The molecule has 0 aliphatic carbocycles. The molecule has 5 heteroatoms. The summed E-state index contributed by atoms with van der Waals surface area (Å²) in [5.41, 5.74) is 2.10. The van der Waals surface area contributed by atoms with Gasteiger partial charge in [0, 0.05) is 6.04 Å². The third-order valence-electron chi connectivity index (χ3n) is 3.93. The van der Waals surface area contributed by atoms with Gasteiger partial charge in [0.15, 0.2) is 0 Å². The molecule has 1 aliphatic heterocycles. The van der Waals surface area contributed by atoms with Gasteiger partial charge in [-0.2, -0.15) is 0 Å². The second-order valence-corrected chi connectivity index (χ2v) is 7.25. The van der Waals surface area contributed by atoms with Crippen LogP contribution in [0.1, 0.15) is 12.8 Å². The first-order chi connectivity index (χ1) is 10.6. The van der Waals surface area contributed by atoms with Crippen LogP contribution < -0.4 is 10.0 Å². The Kier molecular flexibility index (Phi) is 4.57. The Morgan fingerprint density at radius 1 is 0.864 bits per heavy atom. The van der Waals surface area contributed by atoms with Gasteiger partial charge in [-0.05, 0) is 49.2 Å². The van der Waals surface area contributed by atoms with Crippen LogP contribution in [-0.2, 0) is 10.0 Å². The van der Waals surface area contributed by atoms with E-state index in [1.807, 2.05) is 42.5 Å². The topological polar surface area (TPSA) is 58.2 Å². The molecule has 0 amide bonds. The SMILES string of the molecule is O=S(=O)(NC1CCNCC1)c1ccc(-c2ccccc2)cc1. The highest BCUT2D eigenvalue weighted by Gasteiger charge is 2.21. The van der Waals surface area contributed by atoms with Gasteiger partial charge < -0.3 is 5.32 Å². The van der Waals surface area contributed by atoms with Crippen LogP contribution in [-0.4, -0.2) is 27.5 Å². The van der Waals surface area contributed by atoms with Crippen molar-refractivity contribution in [3.05, 3.63) is 54.6 Å². The lowest BCUT2D eigenvalue weighted by Gasteiger charge is -2.23. The van der Waals surface area contributed by atoms with Crippen molar-refractivity contribution in [3.8, 4) is 11.1 Å². The van der Waals surface area contributed by atoms with Crippen LogP contribution >= 0.6 is 0 Å². The Labute approximate surface area is 131 Å². The van der Waals surface area contributed by atoms with E-state index in [-0.39, 0.29) is 6.04 Å². The van der Waals surface area contributed by atoms with Crippen LogP contribution in [0, 0.1) is 0 Å². The van der Waals surface area contributed by atoms with Gasteiger partial charge in [0.05, 0.1) is 4.90 Å². The number of piperidine rings is 1. The Morgan fingerprint density at radius 3 is 2.09 bits per heavy atom. The summed E-state index contributed by atoms with van der Waals surface area (Å²) in [6.45, 7) is 1.72. The molecule has 0 spiro atoms. The maximum absolute atomic E-state index is 12.4. The molecular weight excluding hydrogens is 296 g/mol. The predicted molar refractivity (Wildman–Crippen MR) is 88.1 cm³/mol. The van der Waals surface area contributed by atoms with Crippen molar-refractivity contribution in [1.29, 1.82) is 0 Å². The number of sulfonamides is 1. The van der Waals surface area contributed by atoms with Gasteiger partial charge in [-0.1, -0.05) is 42.5 Å². The number of nitrogens with one attached hydrogen (secondary N) is 2. The lowest BCUT2D eigenvalue weighted by atomic mass is 10.1. The van der Waals surface area contributed by atoms with Crippen LogP contribution in [0.15, 0.2) is 59.5 Å². The Bertz CT molecular complexity index is 706. The van der Waals surface area contributed by atoms with E-state index in [9.17, 15) is 8.42 Å². The van der Waals surface area contributed by atoms with E-state index in [1.54, 1.807) is 12.1 Å². The van der Waals surface area contributed by atoms with E-state index in [1.165, 1.54) is 0 Å². The smallest absolute Gasteiger partial charge is 0.240 e. The molecule has 1 aliphatic rings. The molecule has 0 atom stereocenters. The summed E-state index contributed by atoms with van der Waals surface area (Å²) >= 11 is 0. The molecule has 2 aromatic carbocycles. The van der Waals surface area contributed by atoms with E-state index in [2.05, 4.69) is 10.0 Å². The summed E-state index contributed by atoms with van der Waals surface area (Å²) in [6.07, 6.45) is 1.67. The largest absolute Gasteiger partial charge is 0.317 e. The van der Waals surface area contributed by atoms with Gasteiger partial charge in [-0.15, -0.1) is 0 Å². The van der Waals surface area contributed by atoms with Gasteiger partial charge >= 0.3 is 0 Å². The summed E-state index contributed by atoms with van der Waals surface area (Å²) in [5, 5.41) is 3.23. The molecule has 2 aromatic rings. The normalized spacial score (nSPS) is 16.5. The molecule has 1 saturated heterocycles. The van der Waals surface area contributed by atoms with Gasteiger partial charge in [0.25, 0.3) is 0 Å². The standard InChI is InChI=1S/C17H20N2O2S/c20-22(21,19-16-10-12-18-13-11-16)17-8-6-15(7-9-17)14-4-2-1-3-5-14/h1-9,16,18-19H,10-13H2. The molecule has 4 nitrogen and oxygen atoms in total. The molecule has 0 bridgehead atoms. The molecule has 116 valence electrons. The summed E-state index contributed by atoms with van der Waals surface area (Å²) in [7, 11) is -3.44. The minimum Gasteiger partial charge on any atom is -0.317 e. The molecule has 3 rings (SSSR count). The number of benzene rings is 2. The average molecular weight is 316 g/mol. The van der Waals surface area contributed by atoms with Gasteiger partial charge in [-0.25, -0.2) is 13.1 Å². The zero-order valence-corrected chi connectivity index (χ0v) is 13.1. The lowest BCUT2D eigenvalue weighted by Crippen LogP contribution is -2.42. The average Bonchev–Trinajstić information content (AvgIpc) is 2.56. The molecule has 0 aromatic heterocycles. The van der Waals surface area contributed by atoms with Gasteiger partial charge in [-0.3, -0.25) is 0 Å². The molecule has 22 heavy (non-hydrogen) atoms. The van der Waals surface area contributed by atoms with Crippen LogP contribution in [0.2, 0.25) is 0 Å². The number of hydrogen-bond acceptors (Lipinski definition) is 3. The molecule has 2 N–H and O–H groups in total. The number of rotatable bonds is 4. The molecule has 0 saturated carbocycles. The number of hydrogen-bond donors (Lipinski definition) is 2. The molecule has 0 unspecified atom stereocenters. The zero-order valence-electron chi connectivity index (χ0n) is 12.3. The fraction of sp³-hybridized carbons (Fsp3) is 0.294. The maximum Gasteiger partial charge on any atom is 0.240 e. The van der Waals surface area contributed by atoms with Crippen molar-refractivity contribution in [1.82, 2.24) is 10.0 Å². The zero-order chi connectivity index (χ0) is 15.4. The Balaban J connectivity index is 1.76. The summed E-state index contributed by atoms with van der Waals surface area (Å²) in [4.78, 5) is 0.325. The quantitative estimate of drug-likeness (QED) is 0.910. The Hall–Kier alpha value is -1.69. The van der Waals surface area contributed by atoms with Crippen molar-refractivity contribution in [2.75, 3.05) is 13.1 Å². The van der Waals surface area contributed by atoms with E-state index in [0.29, 0.717) is 4.90 Å². The third kappa shape index (κ3) is 3.55. The first kappa shape index (κ1) is 15.2. The summed E-state index contributed by atoms with van der Waals surface area (Å²) in [5.74, 6) is 0. The van der Waals surface area contributed by atoms with Crippen molar-refractivity contribution in [2.24, 2.45) is 0 Å². The fourth-order valence-corrected chi connectivity index (χ4v) is 3.99. The predicted octanol–water partition coefficient (Wildman–Crippen LogP) is 2.38. The summed E-state index contributed by atoms with van der Waals surface area (Å²) < 4.78 is 27.6. The highest BCUT2D eigenvalue weighted by molar-refractivity contribution is 7.89. The highest BCUT2D eigenvalue weighted by Crippen LogP contribution is 2.21. The van der Waals surface area contributed by atoms with E-state index >= 15 is 0 Å². The molecule has 1 heterocycles. The van der Waals surface area contributed by atoms with Crippen molar-refractivity contribution < 1.29 is 8.42 Å². The Morgan fingerprint density at radius 2 is 1.45 bits per heavy atom. The lowest BCUT2D eigenvalue weighted by molar-refractivity contribution is 0.427. The molecule has 0 radical (unpaired) electrons. The minimum atomic E-state index is -3.44. The second kappa shape index (κ2) is 6.60. The summed E-state index contributed by atoms with van der Waals surface area (Å²) in [6, 6.07) is 17.0. The fourth-order valence-electron chi connectivity index (χ4n) is 2.68. The van der Waals surface area contributed by atoms with E-state index < -0.39 is 10.0 Å². The van der Waals surface area contributed by atoms with Crippen molar-refractivity contribution >= 4 is 10.0 Å². The van der Waals surface area contributed by atoms with Gasteiger partial charge in [0.1, 0.15) is 0 Å². The van der Waals surface area contributed by atoms with Crippen molar-refractivity contribution in [3.63, 3.8) is 0 Å². The first-order valence-electron chi connectivity index (χ1n) is 7.54. The van der Waals surface area contributed by atoms with Crippen LogP contribution in [0.3, 0.4) is 0 Å². The van der Waals surface area contributed by atoms with Crippen LogP contribution in [0.5, 0.6) is 0 Å². The van der Waals surface area contributed by atoms with E-state index in [0.717, 1.165) is 37.1 Å². The van der Waals surface area contributed by atoms with Crippen LogP contribution in [0.25, 0.3) is 11.1 Å². The third-order valence-corrected chi connectivity index (χ3v) is 5.47. The van der Waals surface area contributed by atoms with Gasteiger partial charge in [0.2, 0.25) is 10.0 Å². The monoisotopic (exact) mass is 316 g/mol. The second-order valence-electron chi connectivity index (χ2n) is 5.54. The highest BCUT2D eigenvalue weighted by atomic mass is 32.2. The minimum absolute atomic E-state index is 0.0278. The molecular formula is C17H20N2O2S. The van der Waals surface area contributed by atoms with E-state index in [4.69, 9.17) is 0 Å². The van der Waals surface area contributed by atoms with Crippen LogP contribution in [0.4, 0.5) is 0 Å². The van der Waals surface area contributed by atoms with Crippen molar-refractivity contribution in [2.45, 2.75) is 23.8 Å². The first-order valence-corrected chi connectivity index (χ1v) is 9.02. The molecule has 1 fully saturated rings. The maximum atomic E-state index is 12.4.